The van der Waals surface area contributed by atoms with Crippen LogP contribution in [-0.4, -0.2) is 33.2 Å². The highest BCUT2D eigenvalue weighted by Gasteiger charge is 2.19. The molecule has 2 aromatic heterocycles. The predicted molar refractivity (Wildman–Crippen MR) is 102 cm³/mol. The third kappa shape index (κ3) is 4.25. The minimum atomic E-state index is -0.584. The van der Waals surface area contributed by atoms with E-state index in [1.165, 1.54) is 0 Å². The Morgan fingerprint density at radius 2 is 2.04 bits per heavy atom. The lowest BCUT2D eigenvalue weighted by Gasteiger charge is -2.08. The first-order valence-corrected chi connectivity index (χ1v) is 8.72. The van der Waals surface area contributed by atoms with Crippen molar-refractivity contribution in [2.24, 2.45) is 7.05 Å². The zero-order valence-corrected chi connectivity index (χ0v) is 16.0. The Labute approximate surface area is 161 Å². The van der Waals surface area contributed by atoms with Crippen LogP contribution in [0.4, 0.5) is 0 Å². The fourth-order valence-electron chi connectivity index (χ4n) is 2.84. The van der Waals surface area contributed by atoms with Crippen LogP contribution in [0, 0.1) is 13.8 Å². The number of benzene rings is 1. The summed E-state index contributed by atoms with van der Waals surface area (Å²) < 4.78 is 6.80. The average Bonchev–Trinajstić information content (AvgIpc) is 2.91. The van der Waals surface area contributed by atoms with Crippen molar-refractivity contribution in [2.75, 3.05) is 6.61 Å². The summed E-state index contributed by atoms with van der Waals surface area (Å²) in [5.74, 6) is -0.979. The number of esters is 1. The first-order chi connectivity index (χ1) is 12.8. The Bertz CT molecular complexity index is 1030. The summed E-state index contributed by atoms with van der Waals surface area (Å²) in [7, 11) is 1.76. The van der Waals surface area contributed by atoms with Gasteiger partial charge < -0.3 is 10.1 Å². The number of rotatable bonds is 5. The Hall–Kier alpha value is -2.93. The highest BCUT2D eigenvalue weighted by Crippen LogP contribution is 2.22. The molecule has 0 fully saturated rings. The molecule has 1 N–H and O–H groups in total. The molecule has 0 aliphatic carbocycles. The van der Waals surface area contributed by atoms with Crippen LogP contribution in [0.5, 0.6) is 0 Å². The molecular weight excluding hydrogens is 368 g/mol. The zero-order valence-electron chi connectivity index (χ0n) is 15.2. The Morgan fingerprint density at radius 3 is 2.78 bits per heavy atom. The van der Waals surface area contributed by atoms with Gasteiger partial charge in [-0.1, -0.05) is 23.7 Å². The third-order valence-electron chi connectivity index (χ3n) is 4.03. The van der Waals surface area contributed by atoms with Crippen LogP contribution >= 0.6 is 11.6 Å². The largest absolute Gasteiger partial charge is 0.452 e. The zero-order chi connectivity index (χ0) is 19.6. The molecule has 0 radical (unpaired) electrons. The average molecular weight is 387 g/mol. The quantitative estimate of drug-likeness (QED) is 0.681. The molecule has 0 bridgehead atoms. The number of hydrogen-bond acceptors (Lipinski definition) is 5. The number of hydrogen-bond donors (Lipinski definition) is 1. The van der Waals surface area contributed by atoms with E-state index >= 15 is 0 Å². The van der Waals surface area contributed by atoms with Crippen molar-refractivity contribution in [1.82, 2.24) is 20.1 Å². The van der Waals surface area contributed by atoms with Crippen LogP contribution in [0.25, 0.3) is 11.0 Å². The number of amides is 1. The number of nitrogens with one attached hydrogen (secondary N) is 1. The molecular formula is C19H19ClN4O3. The number of pyridine rings is 1. The second-order valence-electron chi connectivity index (χ2n) is 6.20. The van der Waals surface area contributed by atoms with E-state index in [2.05, 4.69) is 15.4 Å². The maximum atomic E-state index is 12.5. The summed E-state index contributed by atoms with van der Waals surface area (Å²) in [6, 6.07) is 8.81. The number of carbonyl (C=O) groups is 2. The predicted octanol–water partition coefficient (Wildman–Crippen LogP) is 2.71. The van der Waals surface area contributed by atoms with Gasteiger partial charge in [0.1, 0.15) is 0 Å². The molecule has 0 saturated carbocycles. The smallest absolute Gasteiger partial charge is 0.339 e. The first-order valence-electron chi connectivity index (χ1n) is 8.34. The molecule has 140 valence electrons. The summed E-state index contributed by atoms with van der Waals surface area (Å²) in [6.45, 7) is 3.52. The lowest BCUT2D eigenvalue weighted by molar-refractivity contribution is -0.124. The SMILES string of the molecule is Cc1cc(C(=O)OCC(=O)NCc2cccc(Cl)c2)c2c(C)nn(C)c2n1. The molecule has 0 atom stereocenters. The minimum absolute atomic E-state index is 0.303. The molecule has 2 heterocycles. The van der Waals surface area contributed by atoms with Gasteiger partial charge in [-0.3, -0.25) is 9.48 Å². The van der Waals surface area contributed by atoms with Gasteiger partial charge in [-0.05, 0) is 37.6 Å². The minimum Gasteiger partial charge on any atom is -0.452 e. The summed E-state index contributed by atoms with van der Waals surface area (Å²) in [5, 5.41) is 8.22. The molecule has 1 amide bonds. The van der Waals surface area contributed by atoms with E-state index in [0.29, 0.717) is 39.6 Å². The highest BCUT2D eigenvalue weighted by atomic mass is 35.5. The summed E-state index contributed by atoms with van der Waals surface area (Å²) in [5.41, 5.74) is 3.16. The van der Waals surface area contributed by atoms with Crippen molar-refractivity contribution >= 4 is 34.5 Å². The molecule has 0 saturated heterocycles. The van der Waals surface area contributed by atoms with Gasteiger partial charge in [0.05, 0.1) is 16.6 Å². The van der Waals surface area contributed by atoms with Crippen molar-refractivity contribution in [3.63, 3.8) is 0 Å². The number of aromatic nitrogens is 3. The van der Waals surface area contributed by atoms with Gasteiger partial charge in [-0.2, -0.15) is 5.10 Å². The van der Waals surface area contributed by atoms with Gasteiger partial charge in [0, 0.05) is 24.3 Å². The molecule has 27 heavy (non-hydrogen) atoms. The Balaban J connectivity index is 1.66. The second kappa shape index (κ2) is 7.75. The molecule has 0 unspecified atom stereocenters. The van der Waals surface area contributed by atoms with Crippen LogP contribution < -0.4 is 5.32 Å². The van der Waals surface area contributed by atoms with Crippen LogP contribution in [-0.2, 0) is 23.1 Å². The molecule has 7 nitrogen and oxygen atoms in total. The fourth-order valence-corrected chi connectivity index (χ4v) is 3.05. The van der Waals surface area contributed by atoms with E-state index in [1.54, 1.807) is 49.8 Å². The monoisotopic (exact) mass is 386 g/mol. The number of ether oxygens (including phenoxy) is 1. The van der Waals surface area contributed by atoms with Crippen molar-refractivity contribution < 1.29 is 14.3 Å². The molecule has 3 aromatic rings. The van der Waals surface area contributed by atoms with E-state index in [0.717, 1.165) is 5.56 Å². The maximum absolute atomic E-state index is 12.5. The standard InChI is InChI=1S/C19H19ClN4O3/c1-11-7-15(17-12(2)23-24(3)18(17)22-11)19(26)27-10-16(25)21-9-13-5-4-6-14(20)8-13/h4-8H,9-10H2,1-3H3,(H,21,25). The summed E-state index contributed by atoms with van der Waals surface area (Å²) >= 11 is 5.91. The fraction of sp³-hybridized carbons (Fsp3) is 0.263. The van der Waals surface area contributed by atoms with Crippen LogP contribution in [0.2, 0.25) is 5.02 Å². The lowest BCUT2D eigenvalue weighted by Crippen LogP contribution is -2.28. The van der Waals surface area contributed by atoms with Crippen molar-refractivity contribution in [2.45, 2.75) is 20.4 Å². The van der Waals surface area contributed by atoms with Gasteiger partial charge >= 0.3 is 5.97 Å². The van der Waals surface area contributed by atoms with Crippen molar-refractivity contribution in [1.29, 1.82) is 0 Å². The van der Waals surface area contributed by atoms with Gasteiger partial charge in [0.15, 0.2) is 12.3 Å². The molecule has 3 rings (SSSR count). The highest BCUT2D eigenvalue weighted by molar-refractivity contribution is 6.30. The Kier molecular flexibility index (Phi) is 5.41. The lowest BCUT2D eigenvalue weighted by atomic mass is 10.1. The molecule has 0 aliphatic heterocycles. The van der Waals surface area contributed by atoms with Crippen LogP contribution in [0.3, 0.4) is 0 Å². The molecule has 1 aromatic carbocycles. The third-order valence-corrected chi connectivity index (χ3v) is 4.26. The van der Waals surface area contributed by atoms with Gasteiger partial charge in [-0.15, -0.1) is 0 Å². The van der Waals surface area contributed by atoms with E-state index in [4.69, 9.17) is 16.3 Å². The number of halogens is 1. The molecule has 0 aliphatic rings. The van der Waals surface area contributed by atoms with Gasteiger partial charge in [-0.25, -0.2) is 9.78 Å². The second-order valence-corrected chi connectivity index (χ2v) is 6.64. The summed E-state index contributed by atoms with van der Waals surface area (Å²) in [4.78, 5) is 28.9. The molecule has 8 heteroatoms. The van der Waals surface area contributed by atoms with E-state index in [-0.39, 0.29) is 6.61 Å². The van der Waals surface area contributed by atoms with Crippen molar-refractivity contribution in [3.8, 4) is 0 Å². The van der Waals surface area contributed by atoms with Crippen LogP contribution in [0.15, 0.2) is 30.3 Å². The van der Waals surface area contributed by atoms with E-state index in [9.17, 15) is 9.59 Å². The van der Waals surface area contributed by atoms with E-state index < -0.39 is 11.9 Å². The Morgan fingerprint density at radius 1 is 1.26 bits per heavy atom. The normalized spacial score (nSPS) is 10.8. The first kappa shape index (κ1) is 18.8. The number of nitrogens with zero attached hydrogens (tertiary/aromatic N) is 3. The topological polar surface area (TPSA) is 86.1 Å². The molecule has 0 spiro atoms. The summed E-state index contributed by atoms with van der Waals surface area (Å²) in [6.07, 6.45) is 0. The van der Waals surface area contributed by atoms with Gasteiger partial charge in [0.25, 0.3) is 5.91 Å². The number of carbonyl (C=O) groups excluding carboxylic acids is 2. The van der Waals surface area contributed by atoms with E-state index in [1.807, 2.05) is 6.07 Å². The number of fused-ring (bicyclic) bond motifs is 1. The van der Waals surface area contributed by atoms with Gasteiger partial charge in [0.2, 0.25) is 0 Å². The number of aryl methyl sites for hydroxylation is 3. The van der Waals surface area contributed by atoms with Crippen molar-refractivity contribution in [3.05, 3.63) is 57.9 Å². The maximum Gasteiger partial charge on any atom is 0.339 e. The van der Waals surface area contributed by atoms with Crippen LogP contribution in [0.1, 0.15) is 27.3 Å².